The molecule has 1 fully saturated rings. The molecule has 0 unspecified atom stereocenters. The van der Waals surface area contributed by atoms with E-state index in [0.717, 1.165) is 37.1 Å². The van der Waals surface area contributed by atoms with Gasteiger partial charge >= 0.3 is 0 Å². The fourth-order valence-electron chi connectivity index (χ4n) is 3.23. The Hall–Kier alpha value is -2.11. The molecule has 0 spiro atoms. The van der Waals surface area contributed by atoms with Crippen LogP contribution in [0.15, 0.2) is 36.4 Å². The van der Waals surface area contributed by atoms with Gasteiger partial charge in [-0.2, -0.15) is 0 Å². The highest BCUT2D eigenvalue weighted by molar-refractivity contribution is 6.01. The number of rotatable bonds is 4. The van der Waals surface area contributed by atoms with Crippen LogP contribution in [0.2, 0.25) is 0 Å². The zero-order valence-electron chi connectivity index (χ0n) is 14.3. The number of carbonyl (C=O) groups is 1. The Morgan fingerprint density at radius 1 is 1.21 bits per heavy atom. The van der Waals surface area contributed by atoms with Gasteiger partial charge in [-0.15, -0.1) is 0 Å². The number of morpholine rings is 1. The van der Waals surface area contributed by atoms with Crippen molar-refractivity contribution in [2.24, 2.45) is 0 Å². The average molecular weight is 329 g/mol. The van der Waals surface area contributed by atoms with E-state index in [1.54, 1.807) is 12.1 Å². The Morgan fingerprint density at radius 2 is 1.83 bits per heavy atom. The van der Waals surface area contributed by atoms with Gasteiger partial charge in [0.1, 0.15) is 24.4 Å². The second-order valence-corrected chi connectivity index (χ2v) is 7.00. The molecule has 24 heavy (non-hydrogen) atoms. The number of carbonyl (C=O) groups excluding carboxylic acids is 1. The number of nitrogens with one attached hydrogen (secondary N) is 2. The molecule has 5 heteroatoms. The fraction of sp³-hybridized carbons (Fsp3) is 0.421. The van der Waals surface area contributed by atoms with Gasteiger partial charge in [0.05, 0.1) is 25.3 Å². The third-order valence-corrected chi connectivity index (χ3v) is 4.85. The topological polar surface area (TPSA) is 63.0 Å². The van der Waals surface area contributed by atoms with E-state index >= 15 is 0 Å². The van der Waals surface area contributed by atoms with Crippen LogP contribution in [0.3, 0.4) is 0 Å². The molecule has 3 rings (SSSR count). The molecule has 0 aliphatic carbocycles. The van der Waals surface area contributed by atoms with Crippen LogP contribution in [0.5, 0.6) is 5.75 Å². The second kappa shape index (κ2) is 6.79. The quantitative estimate of drug-likeness (QED) is 0.783. The summed E-state index contributed by atoms with van der Waals surface area (Å²) in [6.45, 7) is 8.26. The van der Waals surface area contributed by atoms with Crippen LogP contribution in [0.4, 0.5) is 0 Å². The summed E-state index contributed by atoms with van der Waals surface area (Å²) in [5.41, 5.74) is 0.243. The Balaban J connectivity index is 1.71. The van der Waals surface area contributed by atoms with Gasteiger partial charge in [0.25, 0.3) is 5.91 Å². The molecule has 2 aromatic rings. The van der Waals surface area contributed by atoms with Crippen molar-refractivity contribution in [1.29, 1.82) is 0 Å². The van der Waals surface area contributed by atoms with Gasteiger partial charge in [-0.3, -0.25) is 4.79 Å². The normalized spacial score (nSPS) is 16.2. The number of hydrogen-bond acceptors (Lipinski definition) is 3. The molecule has 1 aliphatic heterocycles. The summed E-state index contributed by atoms with van der Waals surface area (Å²) in [6, 6.07) is 11.1. The summed E-state index contributed by atoms with van der Waals surface area (Å²) in [5.74, 6) is -0.221. The molecule has 0 atom stereocenters. The first-order chi connectivity index (χ1) is 11.5. The molecular weight excluding hydrogens is 304 g/mol. The van der Waals surface area contributed by atoms with Crippen molar-refractivity contribution in [3.63, 3.8) is 0 Å². The van der Waals surface area contributed by atoms with Crippen LogP contribution in [0.25, 0.3) is 10.8 Å². The minimum absolute atomic E-state index is 0.0164. The maximum Gasteiger partial charge on any atom is 0.255 e. The number of phenols is 1. The smallest absolute Gasteiger partial charge is 0.255 e. The summed E-state index contributed by atoms with van der Waals surface area (Å²) in [7, 11) is 0. The number of benzene rings is 2. The molecule has 1 aliphatic rings. The summed E-state index contributed by atoms with van der Waals surface area (Å²) in [5, 5.41) is 15.0. The summed E-state index contributed by atoms with van der Waals surface area (Å²) in [6.07, 6.45) is 0. The molecule has 128 valence electrons. The van der Waals surface area contributed by atoms with Crippen LogP contribution in [0, 0.1) is 0 Å². The lowest BCUT2D eigenvalue weighted by Crippen LogP contribution is -3.22. The first-order valence-electron chi connectivity index (χ1n) is 8.40. The van der Waals surface area contributed by atoms with Crippen LogP contribution in [-0.4, -0.2) is 49.4 Å². The van der Waals surface area contributed by atoms with Gasteiger partial charge in [-0.05, 0) is 36.8 Å². The molecule has 0 saturated carbocycles. The number of aromatic hydroxyl groups is 1. The van der Waals surface area contributed by atoms with Gasteiger partial charge in [0.15, 0.2) is 0 Å². The van der Waals surface area contributed by atoms with Crippen molar-refractivity contribution in [2.75, 3.05) is 32.8 Å². The Bertz CT molecular complexity index is 736. The zero-order chi connectivity index (χ0) is 17.2. The summed E-state index contributed by atoms with van der Waals surface area (Å²) in [4.78, 5) is 14.0. The SMILES string of the molecule is CC(C)(CNC(=O)c1cc2ccccc2cc1O)[NH+]1CCOCC1. The Morgan fingerprint density at radius 3 is 2.50 bits per heavy atom. The zero-order valence-corrected chi connectivity index (χ0v) is 14.3. The lowest BCUT2D eigenvalue weighted by molar-refractivity contribution is -0.954. The maximum absolute atomic E-state index is 12.5. The summed E-state index contributed by atoms with van der Waals surface area (Å²) < 4.78 is 5.41. The standard InChI is InChI=1S/C19H24N2O3/c1-19(2,21-7-9-24-10-8-21)13-20-18(23)16-11-14-5-3-4-6-15(14)12-17(16)22/h3-6,11-12,22H,7-10,13H2,1-2H3,(H,20,23)/p+1. The van der Waals surface area contributed by atoms with E-state index in [4.69, 9.17) is 4.74 Å². The van der Waals surface area contributed by atoms with Gasteiger partial charge in [0.2, 0.25) is 0 Å². The monoisotopic (exact) mass is 329 g/mol. The van der Waals surface area contributed by atoms with Gasteiger partial charge in [-0.25, -0.2) is 0 Å². The third kappa shape index (κ3) is 3.52. The predicted octanol–water partition coefficient (Wildman–Crippen LogP) is 0.969. The molecule has 0 aromatic heterocycles. The third-order valence-electron chi connectivity index (χ3n) is 4.85. The largest absolute Gasteiger partial charge is 0.507 e. The molecular formula is C19H25N2O3+. The predicted molar refractivity (Wildman–Crippen MR) is 93.5 cm³/mol. The molecule has 1 saturated heterocycles. The highest BCUT2D eigenvalue weighted by Crippen LogP contribution is 2.24. The Kier molecular flexibility index (Phi) is 4.73. The molecule has 0 radical (unpaired) electrons. The average Bonchev–Trinajstić information content (AvgIpc) is 2.60. The second-order valence-electron chi connectivity index (χ2n) is 7.00. The van der Waals surface area contributed by atoms with E-state index < -0.39 is 0 Å². The molecule has 5 nitrogen and oxygen atoms in total. The van der Waals surface area contributed by atoms with Crippen molar-refractivity contribution in [3.8, 4) is 5.75 Å². The van der Waals surface area contributed by atoms with Crippen molar-refractivity contribution >= 4 is 16.7 Å². The molecule has 0 bridgehead atoms. The van der Waals surface area contributed by atoms with Crippen LogP contribution in [0.1, 0.15) is 24.2 Å². The summed E-state index contributed by atoms with van der Waals surface area (Å²) >= 11 is 0. The van der Waals surface area contributed by atoms with Crippen LogP contribution < -0.4 is 10.2 Å². The first kappa shape index (κ1) is 16.7. The fourth-order valence-corrected chi connectivity index (χ4v) is 3.23. The number of ether oxygens (including phenoxy) is 1. The lowest BCUT2D eigenvalue weighted by atomic mass is 10.0. The van der Waals surface area contributed by atoms with Crippen molar-refractivity contribution in [3.05, 3.63) is 42.0 Å². The van der Waals surface area contributed by atoms with Gasteiger partial charge in [-0.1, -0.05) is 24.3 Å². The number of amides is 1. The van der Waals surface area contributed by atoms with Crippen LogP contribution >= 0.6 is 0 Å². The van der Waals surface area contributed by atoms with E-state index in [-0.39, 0.29) is 17.2 Å². The number of hydrogen-bond donors (Lipinski definition) is 3. The van der Waals surface area contributed by atoms with E-state index in [1.165, 1.54) is 4.90 Å². The molecule has 1 heterocycles. The van der Waals surface area contributed by atoms with Gasteiger partial charge in [0, 0.05) is 0 Å². The maximum atomic E-state index is 12.5. The minimum Gasteiger partial charge on any atom is -0.507 e. The number of phenolic OH excluding ortho intramolecular Hbond substituents is 1. The van der Waals surface area contributed by atoms with E-state index in [0.29, 0.717) is 12.1 Å². The first-order valence-corrected chi connectivity index (χ1v) is 8.40. The highest BCUT2D eigenvalue weighted by atomic mass is 16.5. The van der Waals surface area contributed by atoms with E-state index in [1.807, 2.05) is 24.3 Å². The molecule has 2 aromatic carbocycles. The number of fused-ring (bicyclic) bond motifs is 1. The molecule has 1 amide bonds. The van der Waals surface area contributed by atoms with E-state index in [9.17, 15) is 9.90 Å². The lowest BCUT2D eigenvalue weighted by Gasteiger charge is -2.37. The van der Waals surface area contributed by atoms with Crippen molar-refractivity contribution in [2.45, 2.75) is 19.4 Å². The highest BCUT2D eigenvalue weighted by Gasteiger charge is 2.32. The van der Waals surface area contributed by atoms with E-state index in [2.05, 4.69) is 19.2 Å². The minimum atomic E-state index is -0.237. The Labute approximate surface area is 142 Å². The molecule has 3 N–H and O–H groups in total. The van der Waals surface area contributed by atoms with Crippen molar-refractivity contribution < 1.29 is 19.5 Å². The van der Waals surface area contributed by atoms with Crippen molar-refractivity contribution in [1.82, 2.24) is 5.32 Å². The van der Waals surface area contributed by atoms with Crippen LogP contribution in [-0.2, 0) is 4.74 Å². The number of quaternary nitrogens is 1. The van der Waals surface area contributed by atoms with Gasteiger partial charge < -0.3 is 20.1 Å².